The van der Waals surface area contributed by atoms with Gasteiger partial charge in [-0.05, 0) is 57.4 Å². The van der Waals surface area contributed by atoms with Gasteiger partial charge in [0.1, 0.15) is 5.75 Å². The fraction of sp³-hybridized carbons (Fsp3) is 0.375. The standard InChI is InChI=1S/C24H27N3O3S/c1-16-9-8-10-17(2)26(16)22(28)15-31-24-25-19-12-5-4-11-18(19)23(29)27(24)20-13-6-7-14-21(20)30-3/h4-7,11-14,16-17H,8-10,15H2,1-3H3. The molecule has 1 amide bonds. The Labute approximate surface area is 186 Å². The molecule has 2 unspecified atom stereocenters. The summed E-state index contributed by atoms with van der Waals surface area (Å²) in [6.45, 7) is 4.22. The quantitative estimate of drug-likeness (QED) is 0.440. The van der Waals surface area contributed by atoms with Gasteiger partial charge in [0.2, 0.25) is 5.91 Å². The summed E-state index contributed by atoms with van der Waals surface area (Å²) in [4.78, 5) is 33.2. The van der Waals surface area contributed by atoms with Gasteiger partial charge in [0, 0.05) is 12.1 Å². The zero-order valence-electron chi connectivity index (χ0n) is 18.1. The van der Waals surface area contributed by atoms with Crippen molar-refractivity contribution in [3.63, 3.8) is 0 Å². The molecule has 7 heteroatoms. The third kappa shape index (κ3) is 4.19. The second-order valence-electron chi connectivity index (χ2n) is 7.94. The first-order valence-electron chi connectivity index (χ1n) is 10.6. The number of hydrogen-bond acceptors (Lipinski definition) is 5. The van der Waals surface area contributed by atoms with Crippen molar-refractivity contribution in [1.82, 2.24) is 14.5 Å². The molecule has 0 aliphatic carbocycles. The van der Waals surface area contributed by atoms with Crippen LogP contribution in [-0.4, -0.2) is 45.3 Å². The van der Waals surface area contributed by atoms with Crippen LogP contribution in [0.1, 0.15) is 33.1 Å². The highest BCUT2D eigenvalue weighted by Gasteiger charge is 2.29. The van der Waals surface area contributed by atoms with E-state index < -0.39 is 0 Å². The van der Waals surface area contributed by atoms with Crippen molar-refractivity contribution in [3.8, 4) is 11.4 Å². The van der Waals surface area contributed by atoms with Crippen LogP contribution in [0.25, 0.3) is 16.6 Å². The molecule has 6 nitrogen and oxygen atoms in total. The molecule has 3 aromatic rings. The number of carbonyl (C=O) groups is 1. The van der Waals surface area contributed by atoms with Gasteiger partial charge in [-0.3, -0.25) is 14.2 Å². The van der Waals surface area contributed by atoms with Gasteiger partial charge in [-0.1, -0.05) is 36.0 Å². The highest BCUT2D eigenvalue weighted by Crippen LogP contribution is 2.29. The number of methoxy groups -OCH3 is 1. The molecule has 1 aliphatic rings. The van der Waals surface area contributed by atoms with Crippen LogP contribution in [-0.2, 0) is 4.79 Å². The molecule has 4 rings (SSSR count). The van der Waals surface area contributed by atoms with Crippen molar-refractivity contribution < 1.29 is 9.53 Å². The van der Waals surface area contributed by atoms with Crippen molar-refractivity contribution in [3.05, 3.63) is 58.9 Å². The molecule has 2 aromatic carbocycles. The van der Waals surface area contributed by atoms with Gasteiger partial charge in [0.05, 0.1) is 29.5 Å². The van der Waals surface area contributed by atoms with Gasteiger partial charge in [-0.15, -0.1) is 0 Å². The third-order valence-electron chi connectivity index (χ3n) is 5.88. The molecule has 0 saturated carbocycles. The number of para-hydroxylation sites is 3. The summed E-state index contributed by atoms with van der Waals surface area (Å²) < 4.78 is 7.06. The van der Waals surface area contributed by atoms with E-state index in [4.69, 9.17) is 9.72 Å². The second kappa shape index (κ2) is 9.14. The van der Waals surface area contributed by atoms with E-state index in [1.54, 1.807) is 17.7 Å². The zero-order chi connectivity index (χ0) is 22.0. The van der Waals surface area contributed by atoms with Gasteiger partial charge in [0.25, 0.3) is 5.56 Å². The molecule has 2 atom stereocenters. The first kappa shape index (κ1) is 21.4. The number of carbonyl (C=O) groups excluding carboxylic acids is 1. The lowest BCUT2D eigenvalue weighted by Gasteiger charge is -2.39. The van der Waals surface area contributed by atoms with Crippen molar-refractivity contribution in [1.29, 1.82) is 0 Å². The topological polar surface area (TPSA) is 64.4 Å². The van der Waals surface area contributed by atoms with Crippen LogP contribution in [0.2, 0.25) is 0 Å². The van der Waals surface area contributed by atoms with Crippen LogP contribution in [0.4, 0.5) is 0 Å². The number of piperidine rings is 1. The minimum atomic E-state index is -0.176. The number of hydrogen-bond donors (Lipinski definition) is 0. The van der Waals surface area contributed by atoms with Crippen LogP contribution >= 0.6 is 11.8 Å². The molecule has 2 heterocycles. The van der Waals surface area contributed by atoms with Crippen LogP contribution in [0, 0.1) is 0 Å². The third-order valence-corrected chi connectivity index (χ3v) is 6.80. The maximum atomic E-state index is 13.4. The van der Waals surface area contributed by atoms with Gasteiger partial charge >= 0.3 is 0 Å². The van der Waals surface area contributed by atoms with E-state index in [0.717, 1.165) is 19.3 Å². The minimum Gasteiger partial charge on any atom is -0.495 e. The summed E-state index contributed by atoms with van der Waals surface area (Å²) in [5.74, 6) is 0.890. The highest BCUT2D eigenvalue weighted by atomic mass is 32.2. The molecular formula is C24H27N3O3S. The largest absolute Gasteiger partial charge is 0.495 e. The summed E-state index contributed by atoms with van der Waals surface area (Å²) in [5, 5.41) is 1.02. The van der Waals surface area contributed by atoms with Gasteiger partial charge in [-0.2, -0.15) is 0 Å². The maximum Gasteiger partial charge on any atom is 0.266 e. The normalized spacial score (nSPS) is 18.9. The van der Waals surface area contributed by atoms with Crippen LogP contribution in [0.3, 0.4) is 0 Å². The minimum absolute atomic E-state index is 0.0821. The second-order valence-corrected chi connectivity index (χ2v) is 8.89. The van der Waals surface area contributed by atoms with Crippen molar-refractivity contribution in [2.24, 2.45) is 0 Å². The Kier molecular flexibility index (Phi) is 6.32. The summed E-state index contributed by atoms with van der Waals surface area (Å²) >= 11 is 1.30. The number of likely N-dealkylation sites (tertiary alicyclic amines) is 1. The molecule has 1 fully saturated rings. The van der Waals surface area contributed by atoms with Gasteiger partial charge in [0.15, 0.2) is 5.16 Å². The lowest BCUT2D eigenvalue weighted by molar-refractivity contribution is -0.134. The molecule has 0 radical (unpaired) electrons. The number of thioether (sulfide) groups is 1. The van der Waals surface area contributed by atoms with E-state index in [0.29, 0.717) is 27.5 Å². The monoisotopic (exact) mass is 437 g/mol. The number of benzene rings is 2. The fourth-order valence-electron chi connectivity index (χ4n) is 4.35. The van der Waals surface area contributed by atoms with E-state index in [1.807, 2.05) is 47.4 Å². The van der Waals surface area contributed by atoms with E-state index in [-0.39, 0.29) is 29.3 Å². The Hall–Kier alpha value is -2.80. The van der Waals surface area contributed by atoms with Crippen LogP contribution in [0.15, 0.2) is 58.5 Å². The van der Waals surface area contributed by atoms with Gasteiger partial charge in [-0.25, -0.2) is 4.98 Å². The predicted molar refractivity (Wildman–Crippen MR) is 124 cm³/mol. The Morgan fingerprint density at radius 3 is 2.52 bits per heavy atom. The van der Waals surface area contributed by atoms with E-state index in [9.17, 15) is 9.59 Å². The number of rotatable bonds is 5. The first-order valence-corrected chi connectivity index (χ1v) is 11.6. The Balaban J connectivity index is 1.74. The molecule has 1 saturated heterocycles. The lowest BCUT2D eigenvalue weighted by atomic mass is 9.98. The van der Waals surface area contributed by atoms with Crippen molar-refractivity contribution >= 4 is 28.6 Å². The number of fused-ring (bicyclic) bond motifs is 1. The molecule has 0 bridgehead atoms. The van der Waals surface area contributed by atoms with Crippen LogP contribution in [0.5, 0.6) is 5.75 Å². The number of ether oxygens (including phenoxy) is 1. The molecule has 31 heavy (non-hydrogen) atoms. The Morgan fingerprint density at radius 2 is 1.77 bits per heavy atom. The molecule has 1 aliphatic heterocycles. The maximum absolute atomic E-state index is 13.4. The summed E-state index contributed by atoms with van der Waals surface area (Å²) in [7, 11) is 1.58. The summed E-state index contributed by atoms with van der Waals surface area (Å²) in [5.41, 5.74) is 1.06. The number of amides is 1. The Morgan fingerprint density at radius 1 is 1.10 bits per heavy atom. The fourth-order valence-corrected chi connectivity index (χ4v) is 5.22. The van der Waals surface area contributed by atoms with E-state index in [1.165, 1.54) is 11.8 Å². The van der Waals surface area contributed by atoms with Crippen LogP contribution < -0.4 is 10.3 Å². The lowest BCUT2D eigenvalue weighted by Crippen LogP contribution is -2.48. The smallest absolute Gasteiger partial charge is 0.266 e. The van der Waals surface area contributed by atoms with Crippen molar-refractivity contribution in [2.45, 2.75) is 50.4 Å². The number of aromatic nitrogens is 2. The van der Waals surface area contributed by atoms with Gasteiger partial charge < -0.3 is 9.64 Å². The molecule has 1 aromatic heterocycles. The van der Waals surface area contributed by atoms with E-state index in [2.05, 4.69) is 13.8 Å². The van der Waals surface area contributed by atoms with Crippen molar-refractivity contribution in [2.75, 3.05) is 12.9 Å². The summed E-state index contributed by atoms with van der Waals surface area (Å²) in [6.07, 6.45) is 3.21. The molecular weight excluding hydrogens is 410 g/mol. The average Bonchev–Trinajstić information content (AvgIpc) is 2.78. The Bertz CT molecular complexity index is 1150. The highest BCUT2D eigenvalue weighted by molar-refractivity contribution is 7.99. The first-order chi connectivity index (χ1) is 15.0. The zero-order valence-corrected chi connectivity index (χ0v) is 18.9. The number of nitrogens with zero attached hydrogens (tertiary/aromatic N) is 3. The SMILES string of the molecule is COc1ccccc1-n1c(SCC(=O)N2C(C)CCCC2C)nc2ccccc2c1=O. The molecule has 0 spiro atoms. The summed E-state index contributed by atoms with van der Waals surface area (Å²) in [6, 6.07) is 15.1. The van der Waals surface area contributed by atoms with E-state index >= 15 is 0 Å². The predicted octanol–water partition coefficient (Wildman–Crippen LogP) is 4.28. The molecule has 162 valence electrons. The molecule has 0 N–H and O–H groups in total. The average molecular weight is 438 g/mol.